The number of carboxylic acids is 1. The minimum absolute atomic E-state index is 0.101. The normalized spacial score (nSPS) is 14.0. The Morgan fingerprint density at radius 2 is 2.06 bits per heavy atom. The summed E-state index contributed by atoms with van der Waals surface area (Å²) in [4.78, 5) is 11.2. The monoisotopic (exact) mass is 300 g/mol. The van der Waals surface area contributed by atoms with Crippen LogP contribution in [0.4, 0.5) is 0 Å². The lowest BCUT2D eigenvalue weighted by Crippen LogP contribution is -2.26. The molecule has 0 bridgehead atoms. The molecular formula is C8H11Cl3N4O2. The van der Waals surface area contributed by atoms with Gasteiger partial charge in [-0.3, -0.25) is 0 Å². The molecule has 1 rings (SSSR count). The van der Waals surface area contributed by atoms with Crippen LogP contribution in [0, 0.1) is 5.92 Å². The summed E-state index contributed by atoms with van der Waals surface area (Å²) in [5.74, 6) is -1.03. The molecule has 0 aliphatic rings. The van der Waals surface area contributed by atoms with Crippen molar-refractivity contribution in [2.24, 2.45) is 5.92 Å². The van der Waals surface area contributed by atoms with Crippen molar-refractivity contribution in [2.45, 2.75) is 30.1 Å². The Bertz CT molecular complexity index is 402. The highest BCUT2D eigenvalue weighted by Gasteiger charge is 2.35. The Kier molecular flexibility index (Phi) is 4.57. The van der Waals surface area contributed by atoms with E-state index < -0.39 is 15.8 Å². The third kappa shape index (κ3) is 3.69. The van der Waals surface area contributed by atoms with Gasteiger partial charge in [0.1, 0.15) is 0 Å². The molecule has 17 heavy (non-hydrogen) atoms. The van der Waals surface area contributed by atoms with E-state index in [9.17, 15) is 4.79 Å². The molecule has 0 aromatic carbocycles. The number of hydrogen-bond acceptors (Lipinski definition) is 4. The van der Waals surface area contributed by atoms with E-state index in [1.807, 2.05) is 13.8 Å². The van der Waals surface area contributed by atoms with Gasteiger partial charge in [-0.25, -0.2) is 9.48 Å². The number of nitrogens with zero attached hydrogens (tertiary/aromatic N) is 4. The van der Waals surface area contributed by atoms with E-state index in [2.05, 4.69) is 15.5 Å². The predicted octanol–water partition coefficient (Wildman–Crippen LogP) is 2.17. The van der Waals surface area contributed by atoms with Gasteiger partial charge in [0, 0.05) is 0 Å². The Morgan fingerprint density at radius 3 is 2.47 bits per heavy atom. The maximum atomic E-state index is 11.2. The molecule has 0 aliphatic heterocycles. The van der Waals surface area contributed by atoms with Gasteiger partial charge in [-0.05, 0) is 22.8 Å². The highest BCUT2D eigenvalue weighted by molar-refractivity contribution is 6.66. The van der Waals surface area contributed by atoms with Crippen LogP contribution in [-0.4, -0.2) is 31.3 Å². The molecule has 1 aromatic rings. The molecule has 1 atom stereocenters. The van der Waals surface area contributed by atoms with Crippen molar-refractivity contribution in [2.75, 3.05) is 0 Å². The van der Waals surface area contributed by atoms with E-state index in [1.54, 1.807) is 0 Å². The lowest BCUT2D eigenvalue weighted by atomic mass is 10.0. The Morgan fingerprint density at radius 1 is 1.47 bits per heavy atom. The lowest BCUT2D eigenvalue weighted by molar-refractivity contribution is -0.141. The van der Waals surface area contributed by atoms with E-state index in [0.29, 0.717) is 6.42 Å². The van der Waals surface area contributed by atoms with Crippen molar-refractivity contribution in [1.29, 1.82) is 0 Å². The van der Waals surface area contributed by atoms with Crippen molar-refractivity contribution in [1.82, 2.24) is 20.2 Å². The van der Waals surface area contributed by atoms with Crippen molar-refractivity contribution in [3.05, 3.63) is 5.82 Å². The summed E-state index contributed by atoms with van der Waals surface area (Å²) >= 11 is 17.0. The van der Waals surface area contributed by atoms with Crippen molar-refractivity contribution >= 4 is 40.8 Å². The second-order valence-corrected chi connectivity index (χ2v) is 6.21. The van der Waals surface area contributed by atoms with Gasteiger partial charge in [-0.1, -0.05) is 48.7 Å². The van der Waals surface area contributed by atoms with Gasteiger partial charge in [0.05, 0.1) is 0 Å². The van der Waals surface area contributed by atoms with Crippen LogP contribution >= 0.6 is 34.8 Å². The summed E-state index contributed by atoms with van der Waals surface area (Å²) in [5.41, 5.74) is 0. The van der Waals surface area contributed by atoms with Crippen LogP contribution < -0.4 is 0 Å². The molecule has 0 amide bonds. The van der Waals surface area contributed by atoms with Crippen LogP contribution in [0.25, 0.3) is 0 Å². The molecule has 0 saturated heterocycles. The molecule has 1 aromatic heterocycles. The molecular weight excluding hydrogens is 290 g/mol. The molecule has 0 aliphatic carbocycles. The average molecular weight is 302 g/mol. The van der Waals surface area contributed by atoms with Crippen molar-refractivity contribution in [3.8, 4) is 0 Å². The first-order valence-corrected chi connectivity index (χ1v) is 5.94. The smallest absolute Gasteiger partial charge is 0.328 e. The summed E-state index contributed by atoms with van der Waals surface area (Å²) in [6.07, 6.45) is 0.341. The van der Waals surface area contributed by atoms with Crippen LogP contribution in [0.2, 0.25) is 0 Å². The Labute approximate surface area is 113 Å². The molecule has 9 heteroatoms. The minimum Gasteiger partial charge on any atom is -0.480 e. The van der Waals surface area contributed by atoms with E-state index in [1.165, 1.54) is 0 Å². The number of halogens is 3. The molecule has 6 nitrogen and oxygen atoms in total. The Hall–Kier alpha value is -0.590. The maximum absolute atomic E-state index is 11.2. The average Bonchev–Trinajstić information content (AvgIpc) is 2.60. The molecule has 0 saturated carbocycles. The molecule has 0 spiro atoms. The summed E-state index contributed by atoms with van der Waals surface area (Å²) in [5, 5.41) is 19.6. The van der Waals surface area contributed by atoms with Crippen molar-refractivity contribution in [3.63, 3.8) is 0 Å². The first-order valence-electron chi connectivity index (χ1n) is 4.81. The number of carboxylic acid groups (broad SMARTS) is 1. The number of tetrazole rings is 1. The van der Waals surface area contributed by atoms with Crippen LogP contribution in [-0.2, 0) is 8.59 Å². The van der Waals surface area contributed by atoms with E-state index in [4.69, 9.17) is 39.9 Å². The quantitative estimate of drug-likeness (QED) is 0.862. The summed E-state index contributed by atoms with van der Waals surface area (Å²) in [6.45, 7) is 3.77. The third-order valence-corrected chi connectivity index (χ3v) is 2.53. The Balaban J connectivity index is 3.11. The van der Waals surface area contributed by atoms with Crippen LogP contribution in [0.15, 0.2) is 0 Å². The number of aliphatic carboxylic acids is 1. The van der Waals surface area contributed by atoms with E-state index in [-0.39, 0.29) is 11.7 Å². The van der Waals surface area contributed by atoms with Crippen LogP contribution in [0.1, 0.15) is 32.1 Å². The first-order chi connectivity index (χ1) is 7.73. The zero-order valence-electron chi connectivity index (χ0n) is 9.14. The third-order valence-electron chi connectivity index (χ3n) is 2.02. The number of carbonyl (C=O) groups is 1. The topological polar surface area (TPSA) is 80.9 Å². The second-order valence-electron chi connectivity index (χ2n) is 3.93. The second kappa shape index (κ2) is 5.37. The lowest BCUT2D eigenvalue weighted by Gasteiger charge is -2.18. The molecule has 1 N–H and O–H groups in total. The summed E-state index contributed by atoms with van der Waals surface area (Å²) < 4.78 is -0.816. The largest absolute Gasteiger partial charge is 0.480 e. The molecule has 0 radical (unpaired) electrons. The fraction of sp³-hybridized carbons (Fsp3) is 0.750. The van der Waals surface area contributed by atoms with Gasteiger partial charge in [-0.15, -0.1) is 5.10 Å². The van der Waals surface area contributed by atoms with Gasteiger partial charge in [0.25, 0.3) is 3.79 Å². The zero-order valence-corrected chi connectivity index (χ0v) is 11.4. The zero-order chi connectivity index (χ0) is 13.2. The van der Waals surface area contributed by atoms with Crippen LogP contribution in [0.5, 0.6) is 0 Å². The predicted molar refractivity (Wildman–Crippen MR) is 63.2 cm³/mol. The summed E-state index contributed by atoms with van der Waals surface area (Å²) in [7, 11) is 0. The van der Waals surface area contributed by atoms with Gasteiger partial charge < -0.3 is 5.11 Å². The highest BCUT2D eigenvalue weighted by Crippen LogP contribution is 2.37. The van der Waals surface area contributed by atoms with E-state index >= 15 is 0 Å². The van der Waals surface area contributed by atoms with Crippen molar-refractivity contribution < 1.29 is 9.90 Å². The number of alkyl halides is 3. The number of rotatable bonds is 4. The maximum Gasteiger partial charge on any atom is 0.328 e. The molecule has 96 valence electrons. The number of aromatic nitrogens is 4. The van der Waals surface area contributed by atoms with Gasteiger partial charge in [0.2, 0.25) is 5.82 Å². The number of hydrogen-bond donors (Lipinski definition) is 1. The standard InChI is InChI=1S/C8H11Cl3N4O2/c1-4(2)3-5(6(16)17)15-7(8(9,10)11)12-13-14-15/h4-5H,3H2,1-2H3,(H,16,17). The molecule has 0 fully saturated rings. The fourth-order valence-electron chi connectivity index (χ4n) is 1.34. The molecule has 1 heterocycles. The highest BCUT2D eigenvalue weighted by atomic mass is 35.6. The van der Waals surface area contributed by atoms with Gasteiger partial charge in [0.15, 0.2) is 6.04 Å². The fourth-order valence-corrected chi connectivity index (χ4v) is 1.72. The van der Waals surface area contributed by atoms with Crippen LogP contribution in [0.3, 0.4) is 0 Å². The van der Waals surface area contributed by atoms with Gasteiger partial charge >= 0.3 is 5.97 Å². The summed E-state index contributed by atoms with van der Waals surface area (Å²) in [6, 6.07) is -0.948. The van der Waals surface area contributed by atoms with Gasteiger partial charge in [-0.2, -0.15) is 0 Å². The SMILES string of the molecule is CC(C)CC(C(=O)O)n1nnnc1C(Cl)(Cl)Cl. The van der Waals surface area contributed by atoms with E-state index in [0.717, 1.165) is 4.68 Å². The minimum atomic E-state index is -1.85. The first kappa shape index (κ1) is 14.5. The molecule has 1 unspecified atom stereocenters.